The molecule has 0 unspecified atom stereocenters. The summed E-state index contributed by atoms with van der Waals surface area (Å²) in [5, 5.41) is 31.0. The van der Waals surface area contributed by atoms with Crippen molar-refractivity contribution < 1.29 is 19.6 Å². The average Bonchev–Trinajstić information content (AvgIpc) is 3.34. The summed E-state index contributed by atoms with van der Waals surface area (Å²) in [4.78, 5) is 21.4. The van der Waals surface area contributed by atoms with Gasteiger partial charge in [0.15, 0.2) is 5.82 Å². The van der Waals surface area contributed by atoms with E-state index < -0.39 is 13.0 Å². The van der Waals surface area contributed by atoms with Crippen molar-refractivity contribution >= 4 is 46.1 Å². The predicted octanol–water partition coefficient (Wildman–Crippen LogP) is 0.901. The molecule has 8 N–H and O–H groups in total. The molecule has 11 nitrogen and oxygen atoms in total. The summed E-state index contributed by atoms with van der Waals surface area (Å²) >= 11 is 0. The second-order valence-electron chi connectivity index (χ2n) is 8.32. The van der Waals surface area contributed by atoms with Crippen LogP contribution < -0.4 is 27.0 Å². The zero-order valence-corrected chi connectivity index (χ0v) is 19.7. The van der Waals surface area contributed by atoms with E-state index >= 15 is 0 Å². The number of carbonyl (C=O) groups is 1. The molecule has 0 spiro atoms. The van der Waals surface area contributed by atoms with Gasteiger partial charge >= 0.3 is 7.12 Å². The highest BCUT2D eigenvalue weighted by Gasteiger charge is 2.19. The molecule has 0 saturated heterocycles. The average molecular weight is 497 g/mol. The number of nitrogens with two attached hydrogens (primary N) is 2. The Morgan fingerprint density at radius 3 is 2.62 bits per heavy atom. The van der Waals surface area contributed by atoms with Gasteiger partial charge in [0.1, 0.15) is 29.4 Å². The SMILES string of the molecule is NCCOc1cccc2c(NCc3cccc(B(O)O)c3)nc(-c3n[nH]c4c(C(N)=O)cccc34)nc12. The minimum atomic E-state index is -1.56. The predicted molar refractivity (Wildman–Crippen MR) is 141 cm³/mol. The fourth-order valence-electron chi connectivity index (χ4n) is 4.12. The number of hydrogen-bond acceptors (Lipinski definition) is 9. The Bertz CT molecular complexity index is 1610. The Hall–Kier alpha value is -4.52. The highest BCUT2D eigenvalue weighted by Crippen LogP contribution is 2.33. The van der Waals surface area contributed by atoms with E-state index in [4.69, 9.17) is 26.2 Å². The molecule has 2 heterocycles. The Labute approximate surface area is 211 Å². The highest BCUT2D eigenvalue weighted by atomic mass is 16.5. The van der Waals surface area contributed by atoms with Crippen molar-refractivity contribution in [3.05, 3.63) is 71.8 Å². The molecule has 12 heteroatoms. The summed E-state index contributed by atoms with van der Waals surface area (Å²) in [6.45, 7) is 1.00. The largest absolute Gasteiger partial charge is 0.490 e. The maximum absolute atomic E-state index is 11.9. The molecule has 0 fully saturated rings. The van der Waals surface area contributed by atoms with E-state index in [1.54, 1.807) is 36.4 Å². The molecule has 186 valence electrons. The number of primary amides is 1. The van der Waals surface area contributed by atoms with Crippen molar-refractivity contribution in [1.82, 2.24) is 20.2 Å². The minimum Gasteiger partial charge on any atom is -0.490 e. The molecule has 0 saturated carbocycles. The van der Waals surface area contributed by atoms with Crippen molar-refractivity contribution in [2.45, 2.75) is 6.54 Å². The van der Waals surface area contributed by atoms with E-state index in [0.29, 0.717) is 75.6 Å². The molecule has 2 aromatic heterocycles. The molecule has 0 atom stereocenters. The van der Waals surface area contributed by atoms with Crippen molar-refractivity contribution in [2.75, 3.05) is 18.5 Å². The van der Waals surface area contributed by atoms with Gasteiger partial charge in [-0.05, 0) is 29.2 Å². The quantitative estimate of drug-likeness (QED) is 0.161. The van der Waals surface area contributed by atoms with Gasteiger partial charge in [-0.25, -0.2) is 9.97 Å². The van der Waals surface area contributed by atoms with Gasteiger partial charge in [0.25, 0.3) is 5.91 Å². The Morgan fingerprint density at radius 2 is 1.84 bits per heavy atom. The van der Waals surface area contributed by atoms with E-state index in [0.717, 1.165) is 5.56 Å². The lowest BCUT2D eigenvalue weighted by atomic mass is 9.80. The third-order valence-corrected chi connectivity index (χ3v) is 5.85. The number of aromatic amines is 1. The smallest absolute Gasteiger partial charge is 0.488 e. The van der Waals surface area contributed by atoms with Crippen LogP contribution in [-0.2, 0) is 6.54 Å². The minimum absolute atomic E-state index is 0.310. The van der Waals surface area contributed by atoms with Crippen molar-refractivity contribution in [2.24, 2.45) is 11.5 Å². The van der Waals surface area contributed by atoms with Crippen molar-refractivity contribution in [3.63, 3.8) is 0 Å². The standard InChI is InChI=1S/C25H24BN7O4/c27-10-11-37-19-9-3-8-18-21(19)30-25(22-16-6-2-7-17(23(28)34)20(16)32-33-22)31-24(18)29-13-14-4-1-5-15(12-14)26(35)36/h1-9,12,35-36H,10-11,13,27H2,(H2,28,34)(H,32,33)(H,29,30,31). The van der Waals surface area contributed by atoms with Gasteiger partial charge < -0.3 is 31.6 Å². The summed E-state index contributed by atoms with van der Waals surface area (Å²) in [5.74, 6) is 0.801. The van der Waals surface area contributed by atoms with Gasteiger partial charge in [-0.15, -0.1) is 0 Å². The fraction of sp³-hybridized carbons (Fsp3) is 0.120. The number of nitrogens with zero attached hydrogens (tertiary/aromatic N) is 3. The zero-order valence-electron chi connectivity index (χ0n) is 19.7. The van der Waals surface area contributed by atoms with Gasteiger partial charge in [0, 0.05) is 23.9 Å². The van der Waals surface area contributed by atoms with Crippen LogP contribution in [0.4, 0.5) is 5.82 Å². The molecule has 5 aromatic rings. The number of para-hydroxylation sites is 2. The van der Waals surface area contributed by atoms with Crippen LogP contribution in [0.15, 0.2) is 60.7 Å². The first-order valence-electron chi connectivity index (χ1n) is 11.6. The third-order valence-electron chi connectivity index (χ3n) is 5.85. The molecule has 0 aliphatic rings. The van der Waals surface area contributed by atoms with Crippen LogP contribution in [-0.4, -0.2) is 56.4 Å². The molecule has 37 heavy (non-hydrogen) atoms. The number of ether oxygens (including phenoxy) is 1. The number of benzene rings is 3. The number of hydrogen-bond donors (Lipinski definition) is 6. The van der Waals surface area contributed by atoms with Gasteiger partial charge in [-0.1, -0.05) is 42.5 Å². The van der Waals surface area contributed by atoms with Gasteiger partial charge in [0.2, 0.25) is 0 Å². The number of aromatic nitrogens is 4. The fourth-order valence-corrected chi connectivity index (χ4v) is 4.12. The monoisotopic (exact) mass is 497 g/mol. The first-order chi connectivity index (χ1) is 18.0. The molecule has 3 aromatic carbocycles. The molecular weight excluding hydrogens is 473 g/mol. The van der Waals surface area contributed by atoms with Gasteiger partial charge in [-0.3, -0.25) is 9.89 Å². The Morgan fingerprint density at radius 1 is 1.05 bits per heavy atom. The summed E-state index contributed by atoms with van der Waals surface area (Å²) < 4.78 is 5.85. The van der Waals surface area contributed by atoms with Crippen LogP contribution in [0, 0.1) is 0 Å². The molecule has 0 aliphatic carbocycles. The Kier molecular flexibility index (Phi) is 6.69. The molecule has 0 aliphatic heterocycles. The molecule has 5 rings (SSSR count). The lowest BCUT2D eigenvalue weighted by Gasteiger charge is -2.14. The van der Waals surface area contributed by atoms with E-state index in [2.05, 4.69) is 15.5 Å². The maximum Gasteiger partial charge on any atom is 0.488 e. The van der Waals surface area contributed by atoms with Crippen LogP contribution in [0.25, 0.3) is 33.3 Å². The zero-order chi connectivity index (χ0) is 25.9. The summed E-state index contributed by atoms with van der Waals surface area (Å²) in [7, 11) is -1.56. The Balaban J connectivity index is 1.63. The number of nitrogens with one attached hydrogen (secondary N) is 2. The molecular formula is C25H24BN7O4. The highest BCUT2D eigenvalue weighted by molar-refractivity contribution is 6.58. The first kappa shape index (κ1) is 24.2. The first-order valence-corrected chi connectivity index (χ1v) is 11.6. The van der Waals surface area contributed by atoms with Crippen LogP contribution in [0.3, 0.4) is 0 Å². The van der Waals surface area contributed by atoms with E-state index in [9.17, 15) is 14.8 Å². The van der Waals surface area contributed by atoms with Crippen LogP contribution in [0.5, 0.6) is 5.75 Å². The van der Waals surface area contributed by atoms with E-state index in [-0.39, 0.29) is 0 Å². The summed E-state index contributed by atoms with van der Waals surface area (Å²) in [6.07, 6.45) is 0. The lowest BCUT2D eigenvalue weighted by molar-refractivity contribution is 0.100. The third kappa shape index (κ3) is 4.80. The van der Waals surface area contributed by atoms with E-state index in [1.807, 2.05) is 24.3 Å². The van der Waals surface area contributed by atoms with Crippen molar-refractivity contribution in [3.8, 4) is 17.3 Å². The number of anilines is 1. The molecule has 0 radical (unpaired) electrons. The van der Waals surface area contributed by atoms with E-state index in [1.165, 1.54) is 0 Å². The molecule has 0 bridgehead atoms. The number of rotatable bonds is 9. The number of amides is 1. The van der Waals surface area contributed by atoms with Crippen LogP contribution in [0.1, 0.15) is 15.9 Å². The van der Waals surface area contributed by atoms with Crippen LogP contribution >= 0.6 is 0 Å². The van der Waals surface area contributed by atoms with Crippen LogP contribution in [0.2, 0.25) is 0 Å². The summed E-state index contributed by atoms with van der Waals surface area (Å²) in [5.41, 5.74) is 14.2. The lowest BCUT2D eigenvalue weighted by Crippen LogP contribution is -2.30. The number of H-pyrrole nitrogens is 1. The second kappa shape index (κ2) is 10.2. The van der Waals surface area contributed by atoms with Gasteiger partial charge in [-0.2, -0.15) is 5.10 Å². The summed E-state index contributed by atoms with van der Waals surface area (Å²) in [6, 6.07) is 17.6. The second-order valence-corrected chi connectivity index (χ2v) is 8.32. The number of fused-ring (bicyclic) bond motifs is 2. The molecule has 1 amide bonds. The van der Waals surface area contributed by atoms with Gasteiger partial charge in [0.05, 0.1) is 11.1 Å². The maximum atomic E-state index is 11.9. The topological polar surface area (TPSA) is 185 Å². The van der Waals surface area contributed by atoms with Crippen molar-refractivity contribution in [1.29, 1.82) is 0 Å². The number of carbonyl (C=O) groups excluding carboxylic acids is 1. The normalized spacial score (nSPS) is 11.1.